The Bertz CT molecular complexity index is 921. The van der Waals surface area contributed by atoms with Gasteiger partial charge in [-0.15, -0.1) is 0 Å². The minimum atomic E-state index is -0.490. The zero-order chi connectivity index (χ0) is 22.5. The van der Waals surface area contributed by atoms with Crippen molar-refractivity contribution in [3.05, 3.63) is 59.9 Å². The summed E-state index contributed by atoms with van der Waals surface area (Å²) < 4.78 is 18.9. The number of anilines is 1. The summed E-state index contributed by atoms with van der Waals surface area (Å²) in [5.41, 5.74) is 1.47. The van der Waals surface area contributed by atoms with Crippen LogP contribution in [-0.4, -0.2) is 25.0 Å². The first-order chi connectivity index (χ1) is 15.6. The summed E-state index contributed by atoms with van der Waals surface area (Å²) in [4.78, 5) is 28.3. The van der Waals surface area contributed by atoms with Crippen LogP contribution in [0.3, 0.4) is 0 Å². The van der Waals surface area contributed by atoms with E-state index in [2.05, 4.69) is 5.32 Å². The van der Waals surface area contributed by atoms with E-state index < -0.39 is 12.0 Å². The molecule has 0 unspecified atom stereocenters. The predicted octanol–water partition coefficient (Wildman–Crippen LogP) is 5.16. The Labute approximate surface area is 188 Å². The number of hydrogen-bond donors (Lipinski definition) is 1. The van der Waals surface area contributed by atoms with E-state index in [1.54, 1.807) is 36.3 Å². The molecule has 2 fully saturated rings. The van der Waals surface area contributed by atoms with Crippen LogP contribution in [0, 0.1) is 11.7 Å². The maximum atomic E-state index is 13.7. The fourth-order valence-electron chi connectivity index (χ4n) is 4.99. The molecule has 32 heavy (non-hydrogen) atoms. The minimum Gasteiger partial charge on any atom is -0.497 e. The van der Waals surface area contributed by atoms with E-state index in [0.717, 1.165) is 31.2 Å². The van der Waals surface area contributed by atoms with Gasteiger partial charge in [0.1, 0.15) is 11.6 Å². The highest BCUT2D eigenvalue weighted by Gasteiger charge is 2.41. The van der Waals surface area contributed by atoms with E-state index in [-0.39, 0.29) is 23.7 Å². The lowest BCUT2D eigenvalue weighted by Gasteiger charge is -2.41. The molecule has 0 radical (unpaired) electrons. The molecule has 2 amide bonds. The van der Waals surface area contributed by atoms with E-state index in [0.29, 0.717) is 24.3 Å². The van der Waals surface area contributed by atoms with Gasteiger partial charge in [-0.3, -0.25) is 9.59 Å². The Kier molecular flexibility index (Phi) is 7.08. The molecule has 170 valence electrons. The average molecular weight is 439 g/mol. The van der Waals surface area contributed by atoms with Gasteiger partial charge in [0.05, 0.1) is 19.1 Å². The number of amides is 2. The summed E-state index contributed by atoms with van der Waals surface area (Å²) in [6, 6.07) is 13.1. The van der Waals surface area contributed by atoms with Gasteiger partial charge in [-0.25, -0.2) is 4.39 Å². The smallest absolute Gasteiger partial charge is 0.227 e. The second kappa shape index (κ2) is 10.2. The van der Waals surface area contributed by atoms with Gasteiger partial charge in [0, 0.05) is 18.2 Å². The molecule has 0 bridgehead atoms. The molecule has 2 aliphatic rings. The van der Waals surface area contributed by atoms with Gasteiger partial charge in [-0.05, 0) is 61.2 Å². The normalized spacial score (nSPS) is 22.3. The number of carbonyl (C=O) groups excluding carboxylic acids is 2. The van der Waals surface area contributed by atoms with Crippen molar-refractivity contribution in [2.24, 2.45) is 5.92 Å². The Morgan fingerprint density at radius 3 is 2.25 bits per heavy atom. The average Bonchev–Trinajstić information content (AvgIpc) is 3.08. The Hall–Kier alpha value is -2.89. The molecule has 2 aromatic carbocycles. The van der Waals surface area contributed by atoms with Gasteiger partial charge in [0.2, 0.25) is 11.8 Å². The molecule has 0 aromatic heterocycles. The number of methoxy groups -OCH3 is 1. The number of ether oxygens (including phenoxy) is 1. The molecule has 1 heterocycles. The lowest BCUT2D eigenvalue weighted by molar-refractivity contribution is -0.130. The number of nitrogens with one attached hydrogen (secondary N) is 1. The first kappa shape index (κ1) is 22.3. The standard InChI is InChI=1S/C26H31FN2O3/c1-32-22-14-12-21(13-15-22)29-24(30)17-16-23(25(29)18-8-10-19(27)11-9-18)26(31)28-20-6-4-2-3-5-7-20/h8-15,20,23,25H,2-7,16-17H2,1H3,(H,28,31)/t23-,25+/m1/s1. The minimum absolute atomic E-state index is 0.0164. The van der Waals surface area contributed by atoms with Crippen LogP contribution in [0.5, 0.6) is 5.75 Å². The zero-order valence-corrected chi connectivity index (χ0v) is 18.6. The summed E-state index contributed by atoms with van der Waals surface area (Å²) in [6.07, 6.45) is 7.47. The van der Waals surface area contributed by atoms with E-state index >= 15 is 0 Å². The highest BCUT2D eigenvalue weighted by Crippen LogP contribution is 2.40. The maximum absolute atomic E-state index is 13.7. The summed E-state index contributed by atoms with van der Waals surface area (Å²) in [7, 11) is 1.59. The van der Waals surface area contributed by atoms with E-state index in [4.69, 9.17) is 4.74 Å². The summed E-state index contributed by atoms with van der Waals surface area (Å²) >= 11 is 0. The fraction of sp³-hybridized carbons (Fsp3) is 0.462. The van der Waals surface area contributed by atoms with Crippen LogP contribution in [0.2, 0.25) is 0 Å². The third-order valence-electron chi connectivity index (χ3n) is 6.70. The largest absolute Gasteiger partial charge is 0.497 e. The van der Waals surface area contributed by atoms with Crippen molar-refractivity contribution >= 4 is 17.5 Å². The van der Waals surface area contributed by atoms with Crippen molar-refractivity contribution in [1.29, 1.82) is 0 Å². The van der Waals surface area contributed by atoms with Crippen LogP contribution in [0.4, 0.5) is 10.1 Å². The zero-order valence-electron chi connectivity index (χ0n) is 18.6. The molecular formula is C26H31FN2O3. The SMILES string of the molecule is COc1ccc(N2C(=O)CC[C@@H](C(=O)NC3CCCCCC3)[C@@H]2c2ccc(F)cc2)cc1. The van der Waals surface area contributed by atoms with Crippen LogP contribution in [0.1, 0.15) is 63.0 Å². The molecule has 2 atom stereocenters. The lowest BCUT2D eigenvalue weighted by atomic mass is 9.83. The monoisotopic (exact) mass is 438 g/mol. The molecule has 6 heteroatoms. The Morgan fingerprint density at radius 1 is 0.969 bits per heavy atom. The van der Waals surface area contributed by atoms with Gasteiger partial charge in [-0.1, -0.05) is 37.8 Å². The number of piperidine rings is 1. The molecule has 0 spiro atoms. The molecule has 1 aliphatic heterocycles. The van der Waals surface area contributed by atoms with E-state index in [9.17, 15) is 14.0 Å². The van der Waals surface area contributed by atoms with Gasteiger partial charge in [0.25, 0.3) is 0 Å². The topological polar surface area (TPSA) is 58.6 Å². The number of hydrogen-bond acceptors (Lipinski definition) is 3. The van der Waals surface area contributed by atoms with E-state index in [1.165, 1.54) is 25.0 Å². The third-order valence-corrected chi connectivity index (χ3v) is 6.70. The first-order valence-electron chi connectivity index (χ1n) is 11.6. The van der Waals surface area contributed by atoms with Crippen molar-refractivity contribution in [3.8, 4) is 5.75 Å². The van der Waals surface area contributed by atoms with Crippen molar-refractivity contribution < 1.29 is 18.7 Å². The highest BCUT2D eigenvalue weighted by molar-refractivity contribution is 5.97. The molecule has 4 rings (SSSR count). The predicted molar refractivity (Wildman–Crippen MR) is 122 cm³/mol. The molecule has 1 N–H and O–H groups in total. The second-order valence-corrected chi connectivity index (χ2v) is 8.80. The molecule has 1 aliphatic carbocycles. The second-order valence-electron chi connectivity index (χ2n) is 8.80. The molecule has 1 saturated carbocycles. The Balaban J connectivity index is 1.66. The van der Waals surface area contributed by atoms with Gasteiger partial charge >= 0.3 is 0 Å². The number of nitrogens with zero attached hydrogens (tertiary/aromatic N) is 1. The summed E-state index contributed by atoms with van der Waals surface area (Å²) in [6.45, 7) is 0. The number of halogens is 1. The van der Waals surface area contributed by atoms with E-state index in [1.807, 2.05) is 12.1 Å². The maximum Gasteiger partial charge on any atom is 0.227 e. The van der Waals surface area contributed by atoms with Gasteiger partial charge in [-0.2, -0.15) is 0 Å². The number of rotatable bonds is 5. The number of benzene rings is 2. The van der Waals surface area contributed by atoms with Crippen LogP contribution in [0.15, 0.2) is 48.5 Å². The fourth-order valence-corrected chi connectivity index (χ4v) is 4.99. The van der Waals surface area contributed by atoms with Crippen molar-refractivity contribution in [2.75, 3.05) is 12.0 Å². The Morgan fingerprint density at radius 2 is 1.62 bits per heavy atom. The quantitative estimate of drug-likeness (QED) is 0.656. The van der Waals surface area contributed by atoms with Crippen LogP contribution < -0.4 is 15.0 Å². The third kappa shape index (κ3) is 4.95. The van der Waals surface area contributed by atoms with Crippen molar-refractivity contribution in [2.45, 2.75) is 63.5 Å². The first-order valence-corrected chi connectivity index (χ1v) is 11.6. The van der Waals surface area contributed by atoms with Crippen molar-refractivity contribution in [3.63, 3.8) is 0 Å². The molecule has 2 aromatic rings. The van der Waals surface area contributed by atoms with Crippen LogP contribution in [-0.2, 0) is 9.59 Å². The van der Waals surface area contributed by atoms with Crippen LogP contribution in [0.25, 0.3) is 0 Å². The van der Waals surface area contributed by atoms with Crippen molar-refractivity contribution in [1.82, 2.24) is 5.32 Å². The molecular weight excluding hydrogens is 407 g/mol. The van der Waals surface area contributed by atoms with Gasteiger partial charge < -0.3 is 15.0 Å². The molecule has 1 saturated heterocycles. The van der Waals surface area contributed by atoms with Gasteiger partial charge in [0.15, 0.2) is 0 Å². The highest BCUT2D eigenvalue weighted by atomic mass is 19.1. The molecule has 5 nitrogen and oxygen atoms in total. The summed E-state index contributed by atoms with van der Waals surface area (Å²) in [5.74, 6) is -0.103. The summed E-state index contributed by atoms with van der Waals surface area (Å²) in [5, 5.41) is 3.27. The lowest BCUT2D eigenvalue weighted by Crippen LogP contribution is -2.50. The number of carbonyl (C=O) groups is 2. The van der Waals surface area contributed by atoms with Crippen LogP contribution >= 0.6 is 0 Å².